The number of aryl methyl sites for hydroxylation is 1. The maximum Gasteiger partial charge on any atom is 0.237 e. The van der Waals surface area contributed by atoms with Crippen LogP contribution in [0.25, 0.3) is 0 Å². The number of para-hydroxylation sites is 1. The summed E-state index contributed by atoms with van der Waals surface area (Å²) in [7, 11) is 0. The molecule has 0 aromatic heterocycles. The third-order valence-corrected chi connectivity index (χ3v) is 5.52. The Morgan fingerprint density at radius 3 is 2.72 bits per heavy atom. The first-order chi connectivity index (χ1) is 12.2. The van der Waals surface area contributed by atoms with Crippen molar-refractivity contribution in [1.29, 1.82) is 0 Å². The number of fused-ring (bicyclic) bond motifs is 1. The summed E-state index contributed by atoms with van der Waals surface area (Å²) in [6.07, 6.45) is 2.11. The van der Waals surface area contributed by atoms with E-state index in [9.17, 15) is 9.59 Å². The van der Waals surface area contributed by atoms with Gasteiger partial charge in [0.25, 0.3) is 0 Å². The average molecular weight is 354 g/mol. The summed E-state index contributed by atoms with van der Waals surface area (Å²) in [6.45, 7) is 0.545. The molecule has 0 saturated heterocycles. The van der Waals surface area contributed by atoms with Crippen molar-refractivity contribution >= 4 is 29.3 Å². The molecule has 1 aliphatic heterocycles. The maximum absolute atomic E-state index is 12.3. The molecule has 5 heteroatoms. The van der Waals surface area contributed by atoms with Crippen LogP contribution in [0.5, 0.6) is 0 Å². The molecule has 0 spiro atoms. The molecule has 0 bridgehead atoms. The van der Waals surface area contributed by atoms with Gasteiger partial charge in [0.05, 0.1) is 5.25 Å². The van der Waals surface area contributed by atoms with E-state index in [2.05, 4.69) is 16.7 Å². The van der Waals surface area contributed by atoms with Gasteiger partial charge in [0, 0.05) is 24.4 Å². The van der Waals surface area contributed by atoms with Gasteiger partial charge in [-0.1, -0.05) is 48.5 Å². The minimum atomic E-state index is -0.102. The predicted octanol–water partition coefficient (Wildman–Crippen LogP) is 3.38. The molecule has 130 valence electrons. The minimum Gasteiger partial charge on any atom is -0.352 e. The lowest BCUT2D eigenvalue weighted by atomic mass is 10.1. The fourth-order valence-electron chi connectivity index (χ4n) is 2.83. The first kappa shape index (κ1) is 17.5. The highest BCUT2D eigenvalue weighted by Crippen LogP contribution is 2.27. The van der Waals surface area contributed by atoms with Crippen LogP contribution < -0.4 is 10.6 Å². The Balaban J connectivity index is 1.41. The normalized spacial score (nSPS) is 16.5. The molecule has 0 fully saturated rings. The van der Waals surface area contributed by atoms with E-state index < -0.39 is 0 Å². The van der Waals surface area contributed by atoms with Crippen molar-refractivity contribution < 1.29 is 9.59 Å². The number of anilines is 1. The van der Waals surface area contributed by atoms with Crippen molar-refractivity contribution in [3.8, 4) is 0 Å². The van der Waals surface area contributed by atoms with Gasteiger partial charge in [-0.25, -0.2) is 0 Å². The number of carbonyl (C=O) groups is 2. The lowest BCUT2D eigenvalue weighted by molar-refractivity contribution is -0.121. The van der Waals surface area contributed by atoms with E-state index in [1.165, 1.54) is 5.56 Å². The molecule has 2 N–H and O–H groups in total. The monoisotopic (exact) mass is 354 g/mol. The van der Waals surface area contributed by atoms with Gasteiger partial charge in [-0.2, -0.15) is 0 Å². The highest BCUT2D eigenvalue weighted by atomic mass is 32.2. The quantitative estimate of drug-likeness (QED) is 0.836. The number of thioether (sulfide) groups is 1. The van der Waals surface area contributed by atoms with Crippen molar-refractivity contribution in [3.05, 3.63) is 65.7 Å². The smallest absolute Gasteiger partial charge is 0.237 e. The number of carbonyl (C=O) groups excluding carboxylic acids is 2. The summed E-state index contributed by atoms with van der Waals surface area (Å²) >= 11 is 1.57. The Labute approximate surface area is 152 Å². The van der Waals surface area contributed by atoms with Crippen LogP contribution in [0.15, 0.2) is 54.6 Å². The van der Waals surface area contributed by atoms with Crippen molar-refractivity contribution in [2.45, 2.75) is 31.1 Å². The number of rotatable bonds is 6. The van der Waals surface area contributed by atoms with Crippen molar-refractivity contribution in [1.82, 2.24) is 5.32 Å². The molecular weight excluding hydrogens is 332 g/mol. The molecule has 1 atom stereocenters. The topological polar surface area (TPSA) is 58.2 Å². The van der Waals surface area contributed by atoms with Crippen molar-refractivity contribution in [2.75, 3.05) is 11.1 Å². The molecule has 1 heterocycles. The molecular formula is C20H22N2O2S. The molecule has 0 aliphatic carbocycles. The Kier molecular flexibility index (Phi) is 6.12. The SMILES string of the molecule is O=C(CCS[C@H]1CCc2ccccc2NC1=O)NCc1ccccc1. The van der Waals surface area contributed by atoms with Gasteiger partial charge in [-0.15, -0.1) is 11.8 Å². The Hall–Kier alpha value is -2.27. The highest BCUT2D eigenvalue weighted by molar-refractivity contribution is 8.00. The van der Waals surface area contributed by atoms with Crippen LogP contribution in [0.1, 0.15) is 24.0 Å². The molecule has 2 amide bonds. The summed E-state index contributed by atoms with van der Waals surface area (Å²) in [5.74, 6) is 0.711. The second kappa shape index (κ2) is 8.72. The second-order valence-electron chi connectivity index (χ2n) is 6.06. The summed E-state index contributed by atoms with van der Waals surface area (Å²) in [5.41, 5.74) is 3.18. The van der Waals surface area contributed by atoms with E-state index in [1.54, 1.807) is 11.8 Å². The average Bonchev–Trinajstić information content (AvgIpc) is 2.80. The lowest BCUT2D eigenvalue weighted by Gasteiger charge is -2.12. The zero-order valence-corrected chi connectivity index (χ0v) is 14.9. The molecule has 3 rings (SSSR count). The second-order valence-corrected chi connectivity index (χ2v) is 7.37. The Bertz CT molecular complexity index is 733. The summed E-state index contributed by atoms with van der Waals surface area (Å²) < 4.78 is 0. The molecule has 2 aromatic rings. The number of hydrogen-bond acceptors (Lipinski definition) is 3. The van der Waals surface area contributed by atoms with E-state index >= 15 is 0 Å². The largest absolute Gasteiger partial charge is 0.352 e. The van der Waals surface area contributed by atoms with E-state index in [0.29, 0.717) is 18.7 Å². The minimum absolute atomic E-state index is 0.0219. The summed E-state index contributed by atoms with van der Waals surface area (Å²) in [5, 5.41) is 5.82. The number of benzene rings is 2. The molecule has 0 unspecified atom stereocenters. The molecule has 1 aliphatic rings. The Morgan fingerprint density at radius 2 is 1.88 bits per heavy atom. The van der Waals surface area contributed by atoms with Gasteiger partial charge in [0.2, 0.25) is 11.8 Å². The molecule has 2 aromatic carbocycles. The number of nitrogens with one attached hydrogen (secondary N) is 2. The third-order valence-electron chi connectivity index (χ3n) is 4.22. The lowest BCUT2D eigenvalue weighted by Crippen LogP contribution is -2.26. The van der Waals surface area contributed by atoms with Crippen LogP contribution >= 0.6 is 11.8 Å². The third kappa shape index (κ3) is 5.10. The summed E-state index contributed by atoms with van der Waals surface area (Å²) in [4.78, 5) is 24.3. The van der Waals surface area contributed by atoms with Gasteiger partial charge in [-0.3, -0.25) is 9.59 Å². The molecule has 25 heavy (non-hydrogen) atoms. The number of amides is 2. The van der Waals surface area contributed by atoms with E-state index in [4.69, 9.17) is 0 Å². The molecule has 0 radical (unpaired) electrons. The van der Waals surface area contributed by atoms with Crippen LogP contribution in [0.4, 0.5) is 5.69 Å². The first-order valence-corrected chi connectivity index (χ1v) is 9.58. The van der Waals surface area contributed by atoms with Gasteiger partial charge in [0.15, 0.2) is 0 Å². The van der Waals surface area contributed by atoms with Crippen molar-refractivity contribution in [2.24, 2.45) is 0 Å². The van der Waals surface area contributed by atoms with Crippen LogP contribution in [0.3, 0.4) is 0 Å². The van der Waals surface area contributed by atoms with Crippen LogP contribution in [0.2, 0.25) is 0 Å². The zero-order valence-electron chi connectivity index (χ0n) is 14.0. The maximum atomic E-state index is 12.3. The van der Waals surface area contributed by atoms with Crippen molar-refractivity contribution in [3.63, 3.8) is 0 Å². The molecule has 0 saturated carbocycles. The number of hydrogen-bond donors (Lipinski definition) is 2. The summed E-state index contributed by atoms with van der Waals surface area (Å²) in [6, 6.07) is 17.8. The van der Waals surface area contributed by atoms with Gasteiger partial charge < -0.3 is 10.6 Å². The Morgan fingerprint density at radius 1 is 1.12 bits per heavy atom. The van der Waals surface area contributed by atoms with E-state index in [1.807, 2.05) is 48.5 Å². The molecule has 4 nitrogen and oxygen atoms in total. The standard InChI is InChI=1S/C20H22N2O2S/c23-19(21-14-15-6-2-1-3-7-15)12-13-25-18-11-10-16-8-4-5-9-17(16)22-20(18)24/h1-9,18H,10-14H2,(H,21,23)(H,22,24)/t18-/m0/s1. The van der Waals surface area contributed by atoms with E-state index in [-0.39, 0.29) is 17.1 Å². The van der Waals surface area contributed by atoms with Crippen LogP contribution in [-0.4, -0.2) is 22.8 Å². The van der Waals surface area contributed by atoms with Gasteiger partial charge in [0.1, 0.15) is 0 Å². The predicted molar refractivity (Wildman–Crippen MR) is 103 cm³/mol. The van der Waals surface area contributed by atoms with Crippen LogP contribution in [0, 0.1) is 0 Å². The van der Waals surface area contributed by atoms with E-state index in [0.717, 1.165) is 24.1 Å². The fraction of sp³-hybridized carbons (Fsp3) is 0.300. The highest BCUT2D eigenvalue weighted by Gasteiger charge is 2.23. The van der Waals surface area contributed by atoms with Crippen LogP contribution in [-0.2, 0) is 22.6 Å². The fourth-order valence-corrected chi connectivity index (χ4v) is 3.91. The first-order valence-electron chi connectivity index (χ1n) is 8.53. The van der Waals surface area contributed by atoms with Gasteiger partial charge in [-0.05, 0) is 30.0 Å². The zero-order chi connectivity index (χ0) is 17.5. The van der Waals surface area contributed by atoms with Gasteiger partial charge >= 0.3 is 0 Å².